The Morgan fingerprint density at radius 2 is 1.67 bits per heavy atom. The third-order valence-electron chi connectivity index (χ3n) is 4.95. The summed E-state index contributed by atoms with van der Waals surface area (Å²) in [5.41, 5.74) is -0.283. The molecule has 3 rings (SSSR count). The van der Waals surface area contributed by atoms with Gasteiger partial charge in [-0.25, -0.2) is 9.59 Å². The summed E-state index contributed by atoms with van der Waals surface area (Å²) in [6.45, 7) is 6.76. The summed E-state index contributed by atoms with van der Waals surface area (Å²) in [6.07, 6.45) is 0.936. The number of fused-ring (bicyclic) bond motifs is 1. The van der Waals surface area contributed by atoms with Crippen molar-refractivity contribution in [1.29, 1.82) is 0 Å². The minimum Gasteiger partial charge on any atom is -0.459 e. The molecule has 3 atom stereocenters. The molecule has 1 unspecified atom stereocenters. The Morgan fingerprint density at radius 1 is 1.11 bits per heavy atom. The number of carbonyl (C=O) groups excluding carboxylic acids is 2. The number of hydrogen-bond donors (Lipinski definition) is 0. The van der Waals surface area contributed by atoms with Crippen molar-refractivity contribution < 1.29 is 24.0 Å². The van der Waals surface area contributed by atoms with Crippen LogP contribution in [0.25, 0.3) is 0 Å². The van der Waals surface area contributed by atoms with Crippen molar-refractivity contribution in [2.45, 2.75) is 45.3 Å². The second-order valence-electron chi connectivity index (χ2n) is 8.21. The molecule has 1 saturated carbocycles. The van der Waals surface area contributed by atoms with Crippen LogP contribution in [0.4, 0.5) is 10.5 Å². The van der Waals surface area contributed by atoms with E-state index in [2.05, 4.69) is 0 Å². The Hall–Kier alpha value is -2.64. The van der Waals surface area contributed by atoms with Crippen LogP contribution in [0.2, 0.25) is 0 Å². The molecule has 0 N–H and O–H groups in total. The van der Waals surface area contributed by atoms with E-state index in [1.807, 2.05) is 20.8 Å². The van der Waals surface area contributed by atoms with Gasteiger partial charge in [-0.1, -0.05) is 0 Å². The minimum absolute atomic E-state index is 0.0656. The van der Waals surface area contributed by atoms with E-state index in [1.54, 1.807) is 4.90 Å². The number of benzene rings is 1. The highest BCUT2D eigenvalue weighted by Crippen LogP contribution is 2.40. The lowest BCUT2D eigenvalue weighted by Gasteiger charge is -2.25. The van der Waals surface area contributed by atoms with Crippen LogP contribution in [0.5, 0.6) is 0 Å². The SMILES string of the molecule is CC(C)(C)OC(=O)N1CC2C[C@H](OC(=O)c3ccc([N+](=O)[O-])cc3)C[C@H]2C1. The zero-order chi connectivity index (χ0) is 19.8. The van der Waals surface area contributed by atoms with Gasteiger partial charge in [0.2, 0.25) is 0 Å². The number of hydrogen-bond acceptors (Lipinski definition) is 6. The van der Waals surface area contributed by atoms with Crippen LogP contribution < -0.4 is 0 Å². The average Bonchev–Trinajstić information content (AvgIpc) is 3.11. The lowest BCUT2D eigenvalue weighted by molar-refractivity contribution is -0.384. The molecule has 146 valence electrons. The van der Waals surface area contributed by atoms with Crippen LogP contribution in [0.15, 0.2) is 24.3 Å². The molecule has 1 aromatic carbocycles. The number of nitro benzene ring substituents is 1. The maximum atomic E-state index is 12.3. The highest BCUT2D eigenvalue weighted by atomic mass is 16.6. The predicted octanol–water partition coefficient (Wildman–Crippen LogP) is 3.40. The van der Waals surface area contributed by atoms with E-state index in [9.17, 15) is 19.7 Å². The average molecular weight is 376 g/mol. The van der Waals surface area contributed by atoms with Gasteiger partial charge in [-0.3, -0.25) is 10.1 Å². The Bertz CT molecular complexity index is 726. The van der Waals surface area contributed by atoms with Crippen molar-refractivity contribution in [3.63, 3.8) is 0 Å². The molecule has 1 aromatic rings. The highest BCUT2D eigenvalue weighted by molar-refractivity contribution is 5.89. The number of non-ortho nitro benzene ring substituents is 1. The Labute approximate surface area is 157 Å². The maximum absolute atomic E-state index is 12.3. The molecule has 0 bridgehead atoms. The van der Waals surface area contributed by atoms with Crippen LogP contribution in [-0.2, 0) is 9.47 Å². The van der Waals surface area contributed by atoms with E-state index in [0.717, 1.165) is 0 Å². The number of rotatable bonds is 3. The topological polar surface area (TPSA) is 99.0 Å². The number of nitrogens with zero attached hydrogens (tertiary/aromatic N) is 2. The van der Waals surface area contributed by atoms with Crippen molar-refractivity contribution in [2.75, 3.05) is 13.1 Å². The predicted molar refractivity (Wildman–Crippen MR) is 96.3 cm³/mol. The van der Waals surface area contributed by atoms with Gasteiger partial charge in [-0.05, 0) is 57.6 Å². The van der Waals surface area contributed by atoms with E-state index in [0.29, 0.717) is 43.3 Å². The fraction of sp³-hybridized carbons (Fsp3) is 0.579. The number of carbonyl (C=O) groups is 2. The molecular weight excluding hydrogens is 352 g/mol. The molecular formula is C19H24N2O6. The second-order valence-corrected chi connectivity index (χ2v) is 8.21. The van der Waals surface area contributed by atoms with Gasteiger partial charge in [0.15, 0.2) is 0 Å². The van der Waals surface area contributed by atoms with Crippen molar-refractivity contribution in [1.82, 2.24) is 4.90 Å². The van der Waals surface area contributed by atoms with E-state index < -0.39 is 16.5 Å². The van der Waals surface area contributed by atoms with E-state index in [-0.39, 0.29) is 17.9 Å². The Balaban J connectivity index is 1.51. The molecule has 2 aliphatic rings. The number of amides is 1. The zero-order valence-corrected chi connectivity index (χ0v) is 15.7. The highest BCUT2D eigenvalue weighted by Gasteiger charge is 2.44. The molecule has 0 spiro atoms. The van der Waals surface area contributed by atoms with Crippen LogP contribution in [-0.4, -0.2) is 46.7 Å². The Morgan fingerprint density at radius 3 is 2.15 bits per heavy atom. The number of likely N-dealkylation sites (tertiary alicyclic amines) is 1. The molecule has 1 saturated heterocycles. The van der Waals surface area contributed by atoms with Crippen molar-refractivity contribution >= 4 is 17.7 Å². The van der Waals surface area contributed by atoms with Gasteiger partial charge < -0.3 is 14.4 Å². The van der Waals surface area contributed by atoms with Crippen LogP contribution in [0, 0.1) is 22.0 Å². The summed E-state index contributed by atoms with van der Waals surface area (Å²) in [6, 6.07) is 5.39. The first kappa shape index (κ1) is 19.1. The summed E-state index contributed by atoms with van der Waals surface area (Å²) >= 11 is 0. The smallest absolute Gasteiger partial charge is 0.410 e. The van der Waals surface area contributed by atoms with E-state index in [1.165, 1.54) is 24.3 Å². The molecule has 1 aliphatic heterocycles. The van der Waals surface area contributed by atoms with Crippen molar-refractivity contribution in [3.8, 4) is 0 Å². The molecule has 8 nitrogen and oxygen atoms in total. The van der Waals surface area contributed by atoms with Crippen molar-refractivity contribution in [2.24, 2.45) is 11.8 Å². The third kappa shape index (κ3) is 4.56. The number of esters is 1. The molecule has 8 heteroatoms. The van der Waals surface area contributed by atoms with E-state index >= 15 is 0 Å². The largest absolute Gasteiger partial charge is 0.459 e. The van der Waals surface area contributed by atoms with Crippen molar-refractivity contribution in [3.05, 3.63) is 39.9 Å². The summed E-state index contributed by atoms with van der Waals surface area (Å²) < 4.78 is 11.0. The summed E-state index contributed by atoms with van der Waals surface area (Å²) in [7, 11) is 0. The maximum Gasteiger partial charge on any atom is 0.410 e. The summed E-state index contributed by atoms with van der Waals surface area (Å²) in [5, 5.41) is 10.7. The minimum atomic E-state index is -0.516. The van der Waals surface area contributed by atoms with Gasteiger partial charge in [0.05, 0.1) is 10.5 Å². The van der Waals surface area contributed by atoms with Gasteiger partial charge >= 0.3 is 12.1 Å². The molecule has 1 heterocycles. The number of ether oxygens (including phenoxy) is 2. The molecule has 0 aromatic heterocycles. The van der Waals surface area contributed by atoms with Gasteiger partial charge in [0, 0.05) is 25.2 Å². The third-order valence-corrected chi connectivity index (χ3v) is 4.95. The Kier molecular flexibility index (Phi) is 5.08. The lowest BCUT2D eigenvalue weighted by atomic mass is 10.0. The quantitative estimate of drug-likeness (QED) is 0.455. The molecule has 0 radical (unpaired) electrons. The molecule has 27 heavy (non-hydrogen) atoms. The molecule has 1 amide bonds. The molecule has 1 aliphatic carbocycles. The fourth-order valence-electron chi connectivity index (χ4n) is 3.75. The van der Waals surface area contributed by atoms with Gasteiger partial charge in [-0.15, -0.1) is 0 Å². The van der Waals surface area contributed by atoms with Gasteiger partial charge in [0.25, 0.3) is 5.69 Å². The normalized spacial score (nSPS) is 24.4. The monoisotopic (exact) mass is 376 g/mol. The first-order valence-electron chi connectivity index (χ1n) is 9.06. The summed E-state index contributed by atoms with van der Waals surface area (Å²) in [4.78, 5) is 36.3. The van der Waals surface area contributed by atoms with Crippen LogP contribution >= 0.6 is 0 Å². The first-order chi connectivity index (χ1) is 12.6. The lowest BCUT2D eigenvalue weighted by Crippen LogP contribution is -2.36. The summed E-state index contributed by atoms with van der Waals surface area (Å²) in [5.74, 6) is 0.123. The van der Waals surface area contributed by atoms with Crippen LogP contribution in [0.3, 0.4) is 0 Å². The fourth-order valence-corrected chi connectivity index (χ4v) is 3.75. The van der Waals surface area contributed by atoms with Gasteiger partial charge in [-0.2, -0.15) is 0 Å². The standard InChI is InChI=1S/C19H24N2O6/c1-19(2,3)27-18(23)20-10-13-8-16(9-14(13)11-20)26-17(22)12-4-6-15(7-5-12)21(24)25/h4-7,13-14,16H,8-11H2,1-3H3/t13-,14?,16+/m0/s1. The van der Waals surface area contributed by atoms with Gasteiger partial charge in [0.1, 0.15) is 11.7 Å². The van der Waals surface area contributed by atoms with Crippen LogP contribution in [0.1, 0.15) is 44.0 Å². The second kappa shape index (κ2) is 7.17. The zero-order valence-electron chi connectivity index (χ0n) is 15.7. The van der Waals surface area contributed by atoms with E-state index in [4.69, 9.17) is 9.47 Å². The first-order valence-corrected chi connectivity index (χ1v) is 9.06. The number of nitro groups is 1. The molecule has 2 fully saturated rings.